The van der Waals surface area contributed by atoms with E-state index in [0.717, 1.165) is 44.2 Å². The molecule has 1 unspecified atom stereocenters. The molecule has 0 saturated carbocycles. The van der Waals surface area contributed by atoms with Crippen LogP contribution < -0.4 is 0 Å². The molecule has 1 aromatic heterocycles. The van der Waals surface area contributed by atoms with Crippen molar-refractivity contribution in [3.8, 4) is 0 Å². The summed E-state index contributed by atoms with van der Waals surface area (Å²) < 4.78 is 32.3. The van der Waals surface area contributed by atoms with Crippen LogP contribution in [-0.4, -0.2) is 60.0 Å². The summed E-state index contributed by atoms with van der Waals surface area (Å²) in [5.74, 6) is -1.49. The molecule has 8 heteroatoms. The Hall–Kier alpha value is -2.39. The Bertz CT molecular complexity index is 1150. The van der Waals surface area contributed by atoms with Crippen LogP contribution >= 0.6 is 0 Å². The number of fused-ring (bicyclic) bond motifs is 1. The van der Waals surface area contributed by atoms with Crippen molar-refractivity contribution >= 4 is 5.97 Å². The topological polar surface area (TPSA) is 81.1 Å². The maximum Gasteiger partial charge on any atom is 0.325 e. The van der Waals surface area contributed by atoms with E-state index in [1.54, 1.807) is 6.07 Å². The van der Waals surface area contributed by atoms with Gasteiger partial charge in [-0.15, -0.1) is 0 Å². The molecule has 1 aromatic carbocycles. The lowest BCUT2D eigenvalue weighted by Crippen LogP contribution is -2.37. The molecule has 1 aliphatic carbocycles. The molecule has 7 nitrogen and oxygen atoms in total. The van der Waals surface area contributed by atoms with Crippen molar-refractivity contribution in [2.45, 2.75) is 83.6 Å². The third-order valence-corrected chi connectivity index (χ3v) is 8.04. The monoisotopic (exact) mass is 540 g/mol. The van der Waals surface area contributed by atoms with E-state index in [1.165, 1.54) is 36.2 Å². The molecule has 3 aliphatic rings. The average Bonchev–Trinajstić information content (AvgIpc) is 3.37. The molecule has 0 radical (unpaired) electrons. The van der Waals surface area contributed by atoms with E-state index in [0.29, 0.717) is 44.0 Å². The van der Waals surface area contributed by atoms with Crippen molar-refractivity contribution in [1.29, 1.82) is 0 Å². The van der Waals surface area contributed by atoms with Crippen molar-refractivity contribution in [3.05, 3.63) is 64.2 Å². The van der Waals surface area contributed by atoms with Crippen LogP contribution in [0.4, 0.5) is 4.39 Å². The Labute approximate surface area is 230 Å². The number of halogens is 1. The lowest BCUT2D eigenvalue weighted by Gasteiger charge is -2.36. The summed E-state index contributed by atoms with van der Waals surface area (Å²) in [6.07, 6.45) is 7.61. The number of hydrogen-bond donors (Lipinski definition) is 1. The largest absolute Gasteiger partial charge is 0.480 e. The number of carbonyl (C=O) groups is 1. The fourth-order valence-corrected chi connectivity index (χ4v) is 5.90. The second-order valence-corrected chi connectivity index (χ2v) is 12.0. The predicted molar refractivity (Wildman–Crippen MR) is 145 cm³/mol. The molecule has 1 N–H and O–H groups in total. The third kappa shape index (κ3) is 7.04. The molecule has 39 heavy (non-hydrogen) atoms. The standard InChI is InChI=1S/C31H41FN2O5/c1-31(2)19-38-30(39-20-31)25-13-11-22(32)17-26(25)28(29(35)36)34-15-14-24(18-34)37-16-6-5-8-23-12-10-21-7-3-4-9-27(21)33-23/h10-13,17,24,28,30H,3-9,14-16,18-20H2,1-2H3,(H,35,36)/t24-,28?/m1/s1. The van der Waals surface area contributed by atoms with E-state index in [-0.39, 0.29) is 11.5 Å². The van der Waals surface area contributed by atoms with E-state index < -0.39 is 24.1 Å². The van der Waals surface area contributed by atoms with Gasteiger partial charge < -0.3 is 19.3 Å². The molecule has 2 saturated heterocycles. The fraction of sp³-hybridized carbons (Fsp3) is 0.613. The quantitative estimate of drug-likeness (QED) is 0.404. The summed E-state index contributed by atoms with van der Waals surface area (Å²) in [4.78, 5) is 19.2. The van der Waals surface area contributed by atoms with E-state index in [2.05, 4.69) is 12.1 Å². The summed E-state index contributed by atoms with van der Waals surface area (Å²) in [5, 5.41) is 10.2. The van der Waals surface area contributed by atoms with Crippen molar-refractivity contribution in [1.82, 2.24) is 9.88 Å². The van der Waals surface area contributed by atoms with Gasteiger partial charge in [0, 0.05) is 42.1 Å². The van der Waals surface area contributed by atoms with Gasteiger partial charge in [0.25, 0.3) is 0 Å². The maximum atomic E-state index is 14.3. The molecular formula is C31H41FN2O5. The van der Waals surface area contributed by atoms with Gasteiger partial charge in [0.2, 0.25) is 0 Å². The van der Waals surface area contributed by atoms with E-state index in [9.17, 15) is 14.3 Å². The first-order valence-corrected chi connectivity index (χ1v) is 14.4. The minimum Gasteiger partial charge on any atom is -0.480 e. The van der Waals surface area contributed by atoms with Crippen molar-refractivity contribution in [3.63, 3.8) is 0 Å². The zero-order valence-corrected chi connectivity index (χ0v) is 23.2. The molecular weight excluding hydrogens is 499 g/mol. The summed E-state index contributed by atoms with van der Waals surface area (Å²) in [6.45, 7) is 6.73. The van der Waals surface area contributed by atoms with E-state index in [1.807, 2.05) is 18.7 Å². The van der Waals surface area contributed by atoms with Crippen LogP contribution in [0, 0.1) is 11.2 Å². The normalized spacial score (nSPS) is 22.5. The molecule has 2 aliphatic heterocycles. The number of aliphatic carboxylic acids is 1. The van der Waals surface area contributed by atoms with Gasteiger partial charge in [-0.05, 0) is 80.7 Å². The van der Waals surface area contributed by atoms with Crippen LogP contribution in [0.3, 0.4) is 0 Å². The smallest absolute Gasteiger partial charge is 0.325 e. The van der Waals surface area contributed by atoms with E-state index >= 15 is 0 Å². The van der Waals surface area contributed by atoms with Crippen LogP contribution in [-0.2, 0) is 38.3 Å². The number of nitrogens with zero attached hydrogens (tertiary/aromatic N) is 2. The highest BCUT2D eigenvalue weighted by atomic mass is 19.1. The van der Waals surface area contributed by atoms with Crippen molar-refractivity contribution in [2.75, 3.05) is 32.9 Å². The highest BCUT2D eigenvalue weighted by Gasteiger charge is 2.38. The molecule has 3 heterocycles. The Kier molecular flexibility index (Phi) is 8.96. The first kappa shape index (κ1) is 28.1. The number of likely N-dealkylation sites (tertiary alicyclic amines) is 1. The third-order valence-electron chi connectivity index (χ3n) is 8.04. The lowest BCUT2D eigenvalue weighted by atomic mass is 9.94. The second kappa shape index (κ2) is 12.4. The number of pyridine rings is 1. The van der Waals surface area contributed by atoms with Crippen LogP contribution in [0.15, 0.2) is 30.3 Å². The van der Waals surface area contributed by atoms with Crippen LogP contribution in [0.1, 0.15) is 86.4 Å². The summed E-state index contributed by atoms with van der Waals surface area (Å²) in [7, 11) is 0. The summed E-state index contributed by atoms with van der Waals surface area (Å²) in [5.41, 5.74) is 4.67. The van der Waals surface area contributed by atoms with Gasteiger partial charge in [0.1, 0.15) is 11.9 Å². The van der Waals surface area contributed by atoms with Gasteiger partial charge in [0.05, 0.1) is 19.3 Å². The lowest BCUT2D eigenvalue weighted by molar-refractivity contribution is -0.226. The minimum atomic E-state index is -1.02. The van der Waals surface area contributed by atoms with E-state index in [4.69, 9.17) is 19.2 Å². The van der Waals surface area contributed by atoms with Gasteiger partial charge in [0.15, 0.2) is 6.29 Å². The Morgan fingerprint density at radius 1 is 1.18 bits per heavy atom. The predicted octanol–water partition coefficient (Wildman–Crippen LogP) is 5.41. The maximum absolute atomic E-state index is 14.3. The SMILES string of the molecule is CC1(C)COC(c2ccc(F)cc2C(C(=O)O)N2CC[C@@H](OCCCCc3ccc4c(n3)CCCC4)C2)OC1. The number of benzene rings is 1. The number of carboxylic acid groups (broad SMARTS) is 1. The van der Waals surface area contributed by atoms with Crippen LogP contribution in [0.2, 0.25) is 0 Å². The van der Waals surface area contributed by atoms with Crippen LogP contribution in [0.5, 0.6) is 0 Å². The zero-order valence-electron chi connectivity index (χ0n) is 23.2. The molecule has 0 bridgehead atoms. The highest BCUT2D eigenvalue weighted by Crippen LogP contribution is 2.37. The molecule has 0 amide bonds. The molecule has 0 spiro atoms. The number of rotatable bonds is 10. The number of hydrogen-bond acceptors (Lipinski definition) is 6. The van der Waals surface area contributed by atoms with Gasteiger partial charge in [-0.1, -0.05) is 26.0 Å². The number of carboxylic acids is 1. The van der Waals surface area contributed by atoms with Gasteiger partial charge in [-0.3, -0.25) is 14.7 Å². The molecule has 2 fully saturated rings. The number of unbranched alkanes of at least 4 members (excludes halogenated alkanes) is 1. The van der Waals surface area contributed by atoms with Gasteiger partial charge in [-0.2, -0.15) is 0 Å². The number of ether oxygens (including phenoxy) is 3. The fourth-order valence-electron chi connectivity index (χ4n) is 5.90. The Morgan fingerprint density at radius 2 is 1.97 bits per heavy atom. The van der Waals surface area contributed by atoms with Crippen LogP contribution in [0.25, 0.3) is 0 Å². The van der Waals surface area contributed by atoms with Gasteiger partial charge >= 0.3 is 5.97 Å². The molecule has 2 aromatic rings. The Morgan fingerprint density at radius 3 is 2.77 bits per heavy atom. The molecule has 2 atom stereocenters. The Balaban J connectivity index is 1.14. The van der Waals surface area contributed by atoms with Crippen molar-refractivity contribution < 1.29 is 28.5 Å². The summed E-state index contributed by atoms with van der Waals surface area (Å²) in [6, 6.07) is 7.64. The second-order valence-electron chi connectivity index (χ2n) is 12.0. The van der Waals surface area contributed by atoms with Gasteiger partial charge in [-0.25, -0.2) is 4.39 Å². The number of aryl methyl sites for hydroxylation is 3. The number of aromatic nitrogens is 1. The first-order valence-electron chi connectivity index (χ1n) is 14.4. The molecule has 212 valence electrons. The zero-order chi connectivity index (χ0) is 27.4. The summed E-state index contributed by atoms with van der Waals surface area (Å²) >= 11 is 0. The average molecular weight is 541 g/mol. The first-order chi connectivity index (χ1) is 18.8. The van der Waals surface area contributed by atoms with Crippen molar-refractivity contribution in [2.24, 2.45) is 5.41 Å². The molecule has 5 rings (SSSR count). The highest BCUT2D eigenvalue weighted by molar-refractivity contribution is 5.76. The minimum absolute atomic E-state index is 0.0475.